The average molecular weight is 357 g/mol. The molecule has 5 nitrogen and oxygen atoms in total. The number of halogens is 1. The van der Waals surface area contributed by atoms with Gasteiger partial charge in [-0.05, 0) is 42.3 Å². The van der Waals surface area contributed by atoms with E-state index < -0.39 is 11.9 Å². The molecule has 0 unspecified atom stereocenters. The zero-order valence-electron chi connectivity index (χ0n) is 13.7. The quantitative estimate of drug-likeness (QED) is 0.443. The molecule has 1 heterocycles. The Morgan fingerprint density at radius 1 is 1.16 bits per heavy atom. The van der Waals surface area contributed by atoms with Crippen LogP contribution in [0.3, 0.4) is 0 Å². The van der Waals surface area contributed by atoms with E-state index in [9.17, 15) is 9.59 Å². The number of amides is 1. The summed E-state index contributed by atoms with van der Waals surface area (Å²) in [4.78, 5) is 22.5. The minimum Gasteiger partial charge on any atom is -0.419 e. The van der Waals surface area contributed by atoms with Crippen LogP contribution in [0.4, 0.5) is 0 Å². The van der Waals surface area contributed by atoms with Crippen LogP contribution in [-0.2, 0) is 22.6 Å². The molecule has 2 aromatic carbocycles. The highest BCUT2D eigenvalue weighted by molar-refractivity contribution is 6.32. The standard InChI is InChI=1S/C19H17ClN2O3/c1-2-14-10-15-16(7-4-8-17(15)25-19(24)18(21)23)22(14)11-12-5-3-6-13(20)9-12/h3-10H,2,11H2,1H3,(H2,21,23). The number of hydrogen-bond acceptors (Lipinski definition) is 3. The molecule has 3 rings (SSSR count). The first-order chi connectivity index (χ1) is 12.0. The van der Waals surface area contributed by atoms with Crippen molar-refractivity contribution >= 4 is 34.4 Å². The molecule has 2 N–H and O–H groups in total. The lowest BCUT2D eigenvalue weighted by molar-refractivity contribution is -0.146. The Balaban J connectivity index is 2.06. The molecule has 0 aliphatic heterocycles. The Bertz CT molecular complexity index is 962. The van der Waals surface area contributed by atoms with E-state index in [1.165, 1.54) is 0 Å². The summed E-state index contributed by atoms with van der Waals surface area (Å²) in [6.45, 7) is 2.69. The summed E-state index contributed by atoms with van der Waals surface area (Å²) in [5, 5.41) is 1.44. The number of ether oxygens (including phenoxy) is 1. The largest absolute Gasteiger partial charge is 0.419 e. The van der Waals surface area contributed by atoms with Gasteiger partial charge in [0.2, 0.25) is 0 Å². The number of fused-ring (bicyclic) bond motifs is 1. The highest BCUT2D eigenvalue weighted by atomic mass is 35.5. The number of primary amides is 1. The maximum Gasteiger partial charge on any atom is 0.401 e. The van der Waals surface area contributed by atoms with E-state index >= 15 is 0 Å². The lowest BCUT2D eigenvalue weighted by Gasteiger charge is -2.11. The Hall–Kier alpha value is -2.79. The summed E-state index contributed by atoms with van der Waals surface area (Å²) in [5.41, 5.74) is 8.03. The lowest BCUT2D eigenvalue weighted by Crippen LogP contribution is -2.27. The van der Waals surface area contributed by atoms with Gasteiger partial charge in [0.15, 0.2) is 0 Å². The summed E-state index contributed by atoms with van der Waals surface area (Å²) in [6, 6.07) is 15.0. The fourth-order valence-corrected chi connectivity index (χ4v) is 3.06. The van der Waals surface area contributed by atoms with E-state index in [1.54, 1.807) is 12.1 Å². The molecule has 0 saturated carbocycles. The number of rotatable bonds is 4. The molecule has 0 aliphatic carbocycles. The number of benzene rings is 2. The Labute approximate surface area is 149 Å². The van der Waals surface area contributed by atoms with Crippen LogP contribution in [0.25, 0.3) is 10.9 Å². The topological polar surface area (TPSA) is 74.3 Å². The van der Waals surface area contributed by atoms with Gasteiger partial charge in [0.1, 0.15) is 5.75 Å². The van der Waals surface area contributed by atoms with Crippen molar-refractivity contribution in [1.29, 1.82) is 0 Å². The number of esters is 1. The van der Waals surface area contributed by atoms with E-state index in [0.717, 1.165) is 28.6 Å². The molecule has 3 aromatic rings. The van der Waals surface area contributed by atoms with Crippen LogP contribution < -0.4 is 10.5 Å². The smallest absolute Gasteiger partial charge is 0.401 e. The molecule has 0 aliphatic rings. The van der Waals surface area contributed by atoms with E-state index in [2.05, 4.69) is 11.5 Å². The number of nitrogens with two attached hydrogens (primary N) is 1. The maximum absolute atomic E-state index is 11.5. The van der Waals surface area contributed by atoms with Crippen molar-refractivity contribution in [1.82, 2.24) is 4.57 Å². The summed E-state index contributed by atoms with van der Waals surface area (Å²) >= 11 is 6.08. The van der Waals surface area contributed by atoms with Crippen LogP contribution in [0.2, 0.25) is 5.02 Å². The van der Waals surface area contributed by atoms with Gasteiger partial charge in [-0.1, -0.05) is 36.7 Å². The third-order valence-corrected chi connectivity index (χ3v) is 4.22. The zero-order valence-corrected chi connectivity index (χ0v) is 14.4. The van der Waals surface area contributed by atoms with Crippen LogP contribution in [0, 0.1) is 0 Å². The maximum atomic E-state index is 11.5. The fraction of sp³-hybridized carbons (Fsp3) is 0.158. The number of nitrogens with zero attached hydrogens (tertiary/aromatic N) is 1. The van der Waals surface area contributed by atoms with Crippen molar-refractivity contribution < 1.29 is 14.3 Å². The first-order valence-electron chi connectivity index (χ1n) is 7.86. The van der Waals surface area contributed by atoms with E-state index in [-0.39, 0.29) is 0 Å². The third kappa shape index (κ3) is 3.51. The Morgan fingerprint density at radius 2 is 1.92 bits per heavy atom. The summed E-state index contributed by atoms with van der Waals surface area (Å²) < 4.78 is 7.26. The van der Waals surface area contributed by atoms with Crippen molar-refractivity contribution in [2.24, 2.45) is 5.73 Å². The molecule has 0 spiro atoms. The molecule has 6 heteroatoms. The number of aryl methyl sites for hydroxylation is 1. The second-order valence-electron chi connectivity index (χ2n) is 5.65. The third-order valence-electron chi connectivity index (χ3n) is 3.99. The van der Waals surface area contributed by atoms with Gasteiger partial charge in [0.25, 0.3) is 0 Å². The van der Waals surface area contributed by atoms with Crippen molar-refractivity contribution in [3.05, 3.63) is 64.8 Å². The van der Waals surface area contributed by atoms with Gasteiger partial charge < -0.3 is 15.0 Å². The summed E-state index contributed by atoms with van der Waals surface area (Å²) in [5.74, 6) is -1.87. The molecule has 0 atom stereocenters. The molecule has 0 radical (unpaired) electrons. The van der Waals surface area contributed by atoms with Gasteiger partial charge in [0, 0.05) is 22.6 Å². The van der Waals surface area contributed by atoms with Crippen molar-refractivity contribution in [2.75, 3.05) is 0 Å². The SMILES string of the molecule is CCc1cc2c(OC(=O)C(N)=O)cccc2n1Cc1cccc(Cl)c1. The first-order valence-corrected chi connectivity index (χ1v) is 8.24. The molecular weight excluding hydrogens is 340 g/mol. The van der Waals surface area contributed by atoms with Crippen LogP contribution in [0.15, 0.2) is 48.5 Å². The molecular formula is C19H17ClN2O3. The second-order valence-corrected chi connectivity index (χ2v) is 6.08. The monoisotopic (exact) mass is 356 g/mol. The molecule has 128 valence electrons. The normalized spacial score (nSPS) is 10.8. The van der Waals surface area contributed by atoms with E-state index in [0.29, 0.717) is 17.3 Å². The number of carbonyl (C=O) groups is 2. The molecule has 0 saturated heterocycles. The Kier molecular flexibility index (Phi) is 4.76. The van der Waals surface area contributed by atoms with Crippen LogP contribution >= 0.6 is 11.6 Å². The van der Waals surface area contributed by atoms with Gasteiger partial charge in [-0.2, -0.15) is 0 Å². The molecule has 1 amide bonds. The summed E-state index contributed by atoms with van der Waals surface area (Å²) in [6.07, 6.45) is 0.804. The first kappa shape index (κ1) is 17.0. The number of aromatic nitrogens is 1. The highest BCUT2D eigenvalue weighted by Crippen LogP contribution is 2.30. The fourth-order valence-electron chi connectivity index (χ4n) is 2.85. The highest BCUT2D eigenvalue weighted by Gasteiger charge is 2.17. The van der Waals surface area contributed by atoms with Crippen molar-refractivity contribution in [3.63, 3.8) is 0 Å². The van der Waals surface area contributed by atoms with Gasteiger partial charge in [-0.25, -0.2) is 4.79 Å². The van der Waals surface area contributed by atoms with Crippen molar-refractivity contribution in [3.8, 4) is 5.75 Å². The van der Waals surface area contributed by atoms with Crippen LogP contribution in [0.1, 0.15) is 18.2 Å². The van der Waals surface area contributed by atoms with Gasteiger partial charge in [-0.3, -0.25) is 4.79 Å². The van der Waals surface area contributed by atoms with Gasteiger partial charge >= 0.3 is 11.9 Å². The Morgan fingerprint density at radius 3 is 2.60 bits per heavy atom. The minimum atomic E-state index is -1.12. The predicted molar refractivity (Wildman–Crippen MR) is 96.7 cm³/mol. The van der Waals surface area contributed by atoms with Crippen LogP contribution in [0.5, 0.6) is 5.75 Å². The second kappa shape index (κ2) is 6.99. The van der Waals surface area contributed by atoms with E-state index in [4.69, 9.17) is 22.1 Å². The zero-order chi connectivity index (χ0) is 18.0. The lowest BCUT2D eigenvalue weighted by atomic mass is 10.2. The average Bonchev–Trinajstić information content (AvgIpc) is 2.93. The minimum absolute atomic E-state index is 0.320. The van der Waals surface area contributed by atoms with Crippen molar-refractivity contribution in [2.45, 2.75) is 19.9 Å². The number of hydrogen-bond donors (Lipinski definition) is 1. The van der Waals surface area contributed by atoms with Gasteiger partial charge in [-0.15, -0.1) is 0 Å². The summed E-state index contributed by atoms with van der Waals surface area (Å²) in [7, 11) is 0. The van der Waals surface area contributed by atoms with Crippen LogP contribution in [-0.4, -0.2) is 16.4 Å². The molecule has 0 bridgehead atoms. The molecule has 25 heavy (non-hydrogen) atoms. The molecule has 0 fully saturated rings. The predicted octanol–water partition coefficient (Wildman–Crippen LogP) is 3.30. The number of carbonyl (C=O) groups excluding carboxylic acids is 2. The van der Waals surface area contributed by atoms with Gasteiger partial charge in [0.05, 0.1) is 5.52 Å². The molecule has 1 aromatic heterocycles. The van der Waals surface area contributed by atoms with E-state index in [1.807, 2.05) is 36.4 Å².